The molecule has 0 fully saturated rings. The first-order valence-corrected chi connectivity index (χ1v) is 7.22. The molecule has 1 atom stereocenters. The zero-order valence-corrected chi connectivity index (χ0v) is 12.4. The van der Waals surface area contributed by atoms with Crippen LogP contribution in [0.2, 0.25) is 0 Å². The Morgan fingerprint density at radius 1 is 1.22 bits per heavy atom. The molecule has 0 aromatic heterocycles. The molecule has 1 rings (SSSR count). The van der Waals surface area contributed by atoms with Crippen LogP contribution in [0.25, 0.3) is 0 Å². The highest BCUT2D eigenvalue weighted by Crippen LogP contribution is 2.20. The van der Waals surface area contributed by atoms with Gasteiger partial charge in [-0.25, -0.2) is 0 Å². The number of rotatable bonds is 7. The summed E-state index contributed by atoms with van der Waals surface area (Å²) in [6.07, 6.45) is 3.22. The molecular weight excluding hydrogens is 220 g/mol. The topological polar surface area (TPSA) is 29.3 Å². The molecule has 0 amide bonds. The lowest BCUT2D eigenvalue weighted by molar-refractivity contribution is 0.644. The maximum atomic E-state index is 6.04. The van der Waals surface area contributed by atoms with Crippen molar-refractivity contribution in [2.45, 2.75) is 53.0 Å². The Balaban J connectivity index is 2.83. The van der Waals surface area contributed by atoms with E-state index in [0.29, 0.717) is 0 Å². The molecule has 2 heteroatoms. The Labute approximate surface area is 112 Å². The first kappa shape index (κ1) is 15.0. The van der Waals surface area contributed by atoms with Crippen molar-refractivity contribution in [2.24, 2.45) is 5.73 Å². The van der Waals surface area contributed by atoms with Gasteiger partial charge in [0.1, 0.15) is 0 Å². The summed E-state index contributed by atoms with van der Waals surface area (Å²) in [6, 6.07) is 7.08. The fraction of sp³-hybridized carbons (Fsp3) is 0.625. The number of anilines is 1. The molecule has 1 unspecified atom stereocenters. The lowest BCUT2D eigenvalue weighted by atomic mass is 9.99. The minimum absolute atomic E-state index is 0.285. The fourth-order valence-corrected chi connectivity index (χ4v) is 2.27. The van der Waals surface area contributed by atoms with E-state index < -0.39 is 0 Å². The van der Waals surface area contributed by atoms with E-state index in [-0.39, 0.29) is 6.04 Å². The van der Waals surface area contributed by atoms with Gasteiger partial charge in [0.2, 0.25) is 0 Å². The number of aryl methyl sites for hydroxylation is 1. The monoisotopic (exact) mass is 248 g/mol. The molecule has 0 spiro atoms. The first-order chi connectivity index (χ1) is 8.62. The van der Waals surface area contributed by atoms with E-state index in [1.807, 2.05) is 0 Å². The third-order valence-corrected chi connectivity index (χ3v) is 3.57. The molecular formula is C16H28N2. The number of hydrogen-bond acceptors (Lipinski definition) is 2. The van der Waals surface area contributed by atoms with E-state index in [0.717, 1.165) is 25.9 Å². The van der Waals surface area contributed by atoms with Crippen LogP contribution in [0.1, 0.15) is 44.7 Å². The van der Waals surface area contributed by atoms with Crippen LogP contribution in [0.3, 0.4) is 0 Å². The second-order valence-corrected chi connectivity index (χ2v) is 5.06. The molecule has 0 heterocycles. The van der Waals surface area contributed by atoms with E-state index in [9.17, 15) is 0 Å². The van der Waals surface area contributed by atoms with E-state index >= 15 is 0 Å². The molecule has 0 aliphatic heterocycles. The van der Waals surface area contributed by atoms with Gasteiger partial charge in [-0.3, -0.25) is 0 Å². The van der Waals surface area contributed by atoms with Crippen molar-refractivity contribution in [2.75, 3.05) is 18.0 Å². The molecule has 0 saturated carbocycles. The van der Waals surface area contributed by atoms with Gasteiger partial charge in [0, 0.05) is 24.8 Å². The molecule has 1 aromatic rings. The van der Waals surface area contributed by atoms with Gasteiger partial charge < -0.3 is 10.6 Å². The predicted octanol–water partition coefficient (Wildman–Crippen LogP) is 3.51. The van der Waals surface area contributed by atoms with Crippen molar-refractivity contribution < 1.29 is 0 Å². The van der Waals surface area contributed by atoms with Crippen molar-refractivity contribution in [3.8, 4) is 0 Å². The van der Waals surface area contributed by atoms with Gasteiger partial charge in [-0.2, -0.15) is 0 Å². The van der Waals surface area contributed by atoms with Crippen molar-refractivity contribution in [3.63, 3.8) is 0 Å². The molecule has 102 valence electrons. The average Bonchev–Trinajstić information content (AvgIpc) is 2.38. The highest BCUT2D eigenvalue weighted by molar-refractivity contribution is 5.50. The fourth-order valence-electron chi connectivity index (χ4n) is 2.27. The Kier molecular flexibility index (Phi) is 6.20. The SMILES string of the molecule is CCCN(CC)c1ccc(CC(N)CC)c(C)c1. The second kappa shape index (κ2) is 7.42. The maximum absolute atomic E-state index is 6.04. The van der Waals surface area contributed by atoms with E-state index in [4.69, 9.17) is 5.73 Å². The van der Waals surface area contributed by atoms with Crippen LogP contribution >= 0.6 is 0 Å². The molecule has 0 radical (unpaired) electrons. The van der Waals surface area contributed by atoms with Gasteiger partial charge in [0.25, 0.3) is 0 Å². The predicted molar refractivity (Wildman–Crippen MR) is 81.3 cm³/mol. The largest absolute Gasteiger partial charge is 0.372 e. The molecule has 18 heavy (non-hydrogen) atoms. The van der Waals surface area contributed by atoms with Crippen LogP contribution in [0.4, 0.5) is 5.69 Å². The number of benzene rings is 1. The molecule has 0 bridgehead atoms. The first-order valence-electron chi connectivity index (χ1n) is 7.22. The summed E-state index contributed by atoms with van der Waals surface area (Å²) >= 11 is 0. The van der Waals surface area contributed by atoms with Gasteiger partial charge in [-0.1, -0.05) is 19.9 Å². The lowest BCUT2D eigenvalue weighted by Gasteiger charge is -2.23. The maximum Gasteiger partial charge on any atom is 0.0368 e. The van der Waals surface area contributed by atoms with Gasteiger partial charge in [0.15, 0.2) is 0 Å². The number of nitrogens with zero attached hydrogens (tertiary/aromatic N) is 1. The van der Waals surface area contributed by atoms with Crippen LogP contribution in [-0.2, 0) is 6.42 Å². The van der Waals surface area contributed by atoms with Crippen LogP contribution in [0.15, 0.2) is 18.2 Å². The van der Waals surface area contributed by atoms with Gasteiger partial charge in [-0.05, 0) is 56.4 Å². The zero-order valence-electron chi connectivity index (χ0n) is 12.4. The molecule has 2 N–H and O–H groups in total. The molecule has 0 aliphatic rings. The van der Waals surface area contributed by atoms with Crippen LogP contribution in [0.5, 0.6) is 0 Å². The van der Waals surface area contributed by atoms with Gasteiger partial charge in [-0.15, -0.1) is 0 Å². The second-order valence-electron chi connectivity index (χ2n) is 5.06. The lowest BCUT2D eigenvalue weighted by Crippen LogP contribution is -2.24. The summed E-state index contributed by atoms with van der Waals surface area (Å²) in [5, 5.41) is 0. The van der Waals surface area contributed by atoms with Crippen molar-refractivity contribution in [3.05, 3.63) is 29.3 Å². The highest BCUT2D eigenvalue weighted by Gasteiger charge is 2.08. The van der Waals surface area contributed by atoms with Crippen LogP contribution in [0, 0.1) is 6.92 Å². The average molecular weight is 248 g/mol. The highest BCUT2D eigenvalue weighted by atomic mass is 15.1. The van der Waals surface area contributed by atoms with Crippen molar-refractivity contribution in [1.82, 2.24) is 0 Å². The normalized spacial score (nSPS) is 12.5. The Morgan fingerprint density at radius 3 is 2.44 bits per heavy atom. The number of hydrogen-bond donors (Lipinski definition) is 1. The molecule has 0 aliphatic carbocycles. The molecule has 0 saturated heterocycles. The summed E-state index contributed by atoms with van der Waals surface area (Å²) in [4.78, 5) is 2.43. The zero-order chi connectivity index (χ0) is 13.5. The van der Waals surface area contributed by atoms with Crippen LogP contribution in [-0.4, -0.2) is 19.1 Å². The Bertz CT molecular complexity index is 360. The quantitative estimate of drug-likeness (QED) is 0.800. The summed E-state index contributed by atoms with van der Waals surface area (Å²) in [6.45, 7) is 11.0. The van der Waals surface area contributed by atoms with E-state index in [1.165, 1.54) is 23.2 Å². The minimum Gasteiger partial charge on any atom is -0.372 e. The van der Waals surface area contributed by atoms with E-state index in [2.05, 4.69) is 50.8 Å². The van der Waals surface area contributed by atoms with Gasteiger partial charge in [0.05, 0.1) is 0 Å². The molecule has 2 nitrogen and oxygen atoms in total. The number of nitrogens with two attached hydrogens (primary N) is 1. The molecule has 1 aromatic carbocycles. The van der Waals surface area contributed by atoms with E-state index in [1.54, 1.807) is 0 Å². The smallest absolute Gasteiger partial charge is 0.0368 e. The summed E-state index contributed by atoms with van der Waals surface area (Å²) in [5.74, 6) is 0. The van der Waals surface area contributed by atoms with Gasteiger partial charge >= 0.3 is 0 Å². The Morgan fingerprint density at radius 2 is 1.94 bits per heavy atom. The summed E-state index contributed by atoms with van der Waals surface area (Å²) in [5.41, 5.74) is 10.1. The summed E-state index contributed by atoms with van der Waals surface area (Å²) in [7, 11) is 0. The summed E-state index contributed by atoms with van der Waals surface area (Å²) < 4.78 is 0. The van der Waals surface area contributed by atoms with Crippen LogP contribution < -0.4 is 10.6 Å². The van der Waals surface area contributed by atoms with Crippen molar-refractivity contribution >= 4 is 5.69 Å². The van der Waals surface area contributed by atoms with Crippen molar-refractivity contribution in [1.29, 1.82) is 0 Å². The Hall–Kier alpha value is -1.02. The minimum atomic E-state index is 0.285. The third-order valence-electron chi connectivity index (χ3n) is 3.57. The third kappa shape index (κ3) is 4.02. The standard InChI is InChI=1S/C16H28N2/c1-5-10-18(7-3)16-9-8-14(13(4)11-16)12-15(17)6-2/h8-9,11,15H,5-7,10,12,17H2,1-4H3.